The van der Waals surface area contributed by atoms with Crippen LogP contribution in [0.1, 0.15) is 29.2 Å². The summed E-state index contributed by atoms with van der Waals surface area (Å²) in [6.45, 7) is 1.95. The van der Waals surface area contributed by atoms with E-state index in [1.807, 2.05) is 4.57 Å². The van der Waals surface area contributed by atoms with E-state index in [1.165, 1.54) is 12.1 Å². The molecule has 0 atom stereocenters. The van der Waals surface area contributed by atoms with Gasteiger partial charge in [-0.2, -0.15) is 0 Å². The molecule has 0 aliphatic carbocycles. The molecule has 1 aliphatic rings. The van der Waals surface area contributed by atoms with Crippen LogP contribution in [-0.4, -0.2) is 35.5 Å². The minimum atomic E-state index is -0.676. The Labute approximate surface area is 126 Å². The molecule has 114 valence electrons. The zero-order valence-corrected chi connectivity index (χ0v) is 12.2. The molecule has 0 bridgehead atoms. The number of azide groups is 1. The van der Waals surface area contributed by atoms with Crippen LogP contribution in [-0.2, 0) is 0 Å². The summed E-state index contributed by atoms with van der Waals surface area (Å²) in [6.07, 6.45) is 3.62. The van der Waals surface area contributed by atoms with Gasteiger partial charge in [0, 0.05) is 28.1 Å². The van der Waals surface area contributed by atoms with E-state index in [2.05, 4.69) is 22.0 Å². The third kappa shape index (κ3) is 2.56. The fourth-order valence-electron chi connectivity index (χ4n) is 3.07. The fraction of sp³-hybridized carbons (Fsp3) is 0.400. The lowest BCUT2D eigenvalue weighted by Crippen LogP contribution is -2.31. The molecule has 1 fully saturated rings. The average molecular weight is 301 g/mol. The Balaban J connectivity index is 2.10. The summed E-state index contributed by atoms with van der Waals surface area (Å²) in [5.41, 5.74) is 9.51. The third-order valence-corrected chi connectivity index (χ3v) is 4.24. The van der Waals surface area contributed by atoms with Crippen molar-refractivity contribution in [2.24, 2.45) is 5.11 Å². The van der Waals surface area contributed by atoms with E-state index in [1.54, 1.807) is 12.3 Å². The van der Waals surface area contributed by atoms with Crippen LogP contribution in [0, 0.1) is 5.82 Å². The molecule has 0 N–H and O–H groups in total. The van der Waals surface area contributed by atoms with Gasteiger partial charge in [-0.3, -0.25) is 4.79 Å². The minimum Gasteiger partial charge on any atom is -0.344 e. The highest BCUT2D eigenvalue weighted by atomic mass is 19.1. The van der Waals surface area contributed by atoms with Crippen molar-refractivity contribution < 1.29 is 9.18 Å². The first-order chi connectivity index (χ1) is 10.6. The van der Waals surface area contributed by atoms with E-state index in [0.29, 0.717) is 5.39 Å². The molecule has 1 aromatic heterocycles. The second kappa shape index (κ2) is 5.79. The van der Waals surface area contributed by atoms with Crippen molar-refractivity contribution in [1.29, 1.82) is 0 Å². The first kappa shape index (κ1) is 14.6. The number of carbonyl (C=O) groups is 1. The number of nitrogens with zero attached hydrogens (tertiary/aromatic N) is 5. The third-order valence-electron chi connectivity index (χ3n) is 4.24. The number of hydrogen-bond donors (Lipinski definition) is 0. The van der Waals surface area contributed by atoms with Gasteiger partial charge in [0.25, 0.3) is 5.91 Å². The van der Waals surface area contributed by atoms with Crippen LogP contribution in [0.3, 0.4) is 0 Å². The normalized spacial score (nSPS) is 16.6. The Bertz CT molecular complexity index is 770. The van der Waals surface area contributed by atoms with Gasteiger partial charge in [-0.15, -0.1) is 0 Å². The van der Waals surface area contributed by atoms with E-state index in [9.17, 15) is 9.18 Å². The highest BCUT2D eigenvalue weighted by Gasteiger charge is 2.22. The molecular weight excluding hydrogens is 285 g/mol. The number of piperidine rings is 1. The van der Waals surface area contributed by atoms with E-state index in [0.717, 1.165) is 31.4 Å². The van der Waals surface area contributed by atoms with Crippen LogP contribution < -0.4 is 0 Å². The van der Waals surface area contributed by atoms with Crippen molar-refractivity contribution in [3.8, 4) is 0 Å². The van der Waals surface area contributed by atoms with Gasteiger partial charge in [-0.05, 0) is 61.8 Å². The molecular formula is C15H16FN5O. The maximum absolute atomic E-state index is 13.5. The molecule has 2 heterocycles. The molecule has 1 aliphatic heterocycles. The molecule has 1 aromatic carbocycles. The topological polar surface area (TPSA) is 74.0 Å². The molecule has 6 nitrogen and oxygen atoms in total. The SMILES string of the molecule is CN1CCC(n2cc(C(=O)N=[N+]=[N-])c3cc(F)ccc32)CC1. The largest absolute Gasteiger partial charge is 0.344 e. The number of benzene rings is 1. The summed E-state index contributed by atoms with van der Waals surface area (Å²) in [7, 11) is 2.08. The second-order valence-electron chi connectivity index (χ2n) is 5.64. The standard InChI is InChI=1S/C15H16FN5O/c1-20-6-4-11(5-7-20)21-9-13(15(22)18-19-17)12-8-10(16)2-3-14(12)21/h2-3,8-9,11H,4-7H2,1H3. The summed E-state index contributed by atoms with van der Waals surface area (Å²) in [5.74, 6) is -1.09. The number of fused-ring (bicyclic) bond motifs is 1. The van der Waals surface area contributed by atoms with Crippen molar-refractivity contribution in [1.82, 2.24) is 9.47 Å². The molecule has 0 saturated carbocycles. The minimum absolute atomic E-state index is 0.256. The van der Waals surface area contributed by atoms with Crippen molar-refractivity contribution in [3.05, 3.63) is 46.2 Å². The van der Waals surface area contributed by atoms with Gasteiger partial charge in [-0.1, -0.05) is 0 Å². The molecule has 0 spiro atoms. The van der Waals surface area contributed by atoms with E-state index in [-0.39, 0.29) is 11.6 Å². The van der Waals surface area contributed by atoms with Crippen LogP contribution in [0.5, 0.6) is 0 Å². The highest BCUT2D eigenvalue weighted by molar-refractivity contribution is 6.07. The van der Waals surface area contributed by atoms with Crippen LogP contribution in [0.2, 0.25) is 0 Å². The predicted octanol–water partition coefficient (Wildman–Crippen LogP) is 3.50. The van der Waals surface area contributed by atoms with Gasteiger partial charge in [-0.25, -0.2) is 4.39 Å². The molecule has 7 heteroatoms. The van der Waals surface area contributed by atoms with Gasteiger partial charge >= 0.3 is 0 Å². The van der Waals surface area contributed by atoms with E-state index >= 15 is 0 Å². The lowest BCUT2D eigenvalue weighted by molar-refractivity contribution is 0.100. The van der Waals surface area contributed by atoms with Crippen molar-refractivity contribution in [2.45, 2.75) is 18.9 Å². The van der Waals surface area contributed by atoms with Gasteiger partial charge < -0.3 is 9.47 Å². The van der Waals surface area contributed by atoms with Crippen LogP contribution in [0.15, 0.2) is 29.5 Å². The number of halogens is 1. The molecule has 22 heavy (non-hydrogen) atoms. The summed E-state index contributed by atoms with van der Waals surface area (Å²) in [5, 5.41) is 3.64. The Morgan fingerprint density at radius 3 is 2.82 bits per heavy atom. The number of aromatic nitrogens is 1. The number of likely N-dealkylation sites (tertiary alicyclic amines) is 1. The average Bonchev–Trinajstić information content (AvgIpc) is 2.87. The maximum Gasteiger partial charge on any atom is 0.251 e. The molecule has 0 unspecified atom stereocenters. The first-order valence-corrected chi connectivity index (χ1v) is 7.18. The lowest BCUT2D eigenvalue weighted by atomic mass is 10.1. The molecule has 0 radical (unpaired) electrons. The van der Waals surface area contributed by atoms with Crippen molar-refractivity contribution >= 4 is 16.8 Å². The zero-order valence-electron chi connectivity index (χ0n) is 12.2. The smallest absolute Gasteiger partial charge is 0.251 e. The Morgan fingerprint density at radius 2 is 2.14 bits per heavy atom. The summed E-state index contributed by atoms with van der Waals surface area (Å²) in [6, 6.07) is 4.64. The molecule has 2 aromatic rings. The van der Waals surface area contributed by atoms with Gasteiger partial charge in [0.1, 0.15) is 5.82 Å². The Hall–Kier alpha value is -2.37. The van der Waals surface area contributed by atoms with Crippen molar-refractivity contribution in [2.75, 3.05) is 20.1 Å². The molecule has 1 amide bonds. The summed E-state index contributed by atoms with van der Waals surface area (Å²) >= 11 is 0. The van der Waals surface area contributed by atoms with Crippen LogP contribution >= 0.6 is 0 Å². The Morgan fingerprint density at radius 1 is 1.41 bits per heavy atom. The lowest BCUT2D eigenvalue weighted by Gasteiger charge is -2.30. The number of amides is 1. The maximum atomic E-state index is 13.5. The van der Waals surface area contributed by atoms with Gasteiger partial charge in [0.2, 0.25) is 0 Å². The van der Waals surface area contributed by atoms with E-state index < -0.39 is 11.7 Å². The van der Waals surface area contributed by atoms with Gasteiger partial charge in [0.15, 0.2) is 0 Å². The van der Waals surface area contributed by atoms with Gasteiger partial charge in [0.05, 0.1) is 5.56 Å². The quantitative estimate of drug-likeness (QED) is 0.483. The molecule has 3 rings (SSSR count). The monoisotopic (exact) mass is 301 g/mol. The van der Waals surface area contributed by atoms with Crippen LogP contribution in [0.25, 0.3) is 21.3 Å². The molecule has 1 saturated heterocycles. The number of rotatable bonds is 2. The van der Waals surface area contributed by atoms with Crippen LogP contribution in [0.4, 0.5) is 4.39 Å². The second-order valence-corrected chi connectivity index (χ2v) is 5.64. The summed E-state index contributed by atoms with van der Waals surface area (Å²) in [4.78, 5) is 16.8. The predicted molar refractivity (Wildman–Crippen MR) is 81.1 cm³/mol. The Kier molecular flexibility index (Phi) is 3.83. The number of carbonyl (C=O) groups excluding carboxylic acids is 1. The summed E-state index contributed by atoms with van der Waals surface area (Å²) < 4.78 is 15.6. The zero-order chi connectivity index (χ0) is 15.7. The fourth-order valence-corrected chi connectivity index (χ4v) is 3.07. The highest BCUT2D eigenvalue weighted by Crippen LogP contribution is 2.30. The first-order valence-electron chi connectivity index (χ1n) is 7.18. The van der Waals surface area contributed by atoms with Crippen molar-refractivity contribution in [3.63, 3.8) is 0 Å². The number of hydrogen-bond acceptors (Lipinski definition) is 2. The van der Waals surface area contributed by atoms with E-state index in [4.69, 9.17) is 5.53 Å².